The quantitative estimate of drug-likeness (QED) is 0.763. The molecule has 1 aromatic heterocycles. The lowest BCUT2D eigenvalue weighted by atomic mass is 10.1. The fourth-order valence-corrected chi connectivity index (χ4v) is 1.43. The van der Waals surface area contributed by atoms with Crippen LogP contribution in [0.25, 0.3) is 0 Å². The van der Waals surface area contributed by atoms with Crippen molar-refractivity contribution in [3.8, 4) is 0 Å². The first kappa shape index (κ1) is 10.2. The van der Waals surface area contributed by atoms with Gasteiger partial charge in [0, 0.05) is 25.4 Å². The van der Waals surface area contributed by atoms with E-state index in [2.05, 4.69) is 5.32 Å². The number of nitrogens with one attached hydrogen (secondary N) is 1. The normalized spacial score (nSPS) is 17.5. The summed E-state index contributed by atoms with van der Waals surface area (Å²) >= 11 is 0. The molecule has 0 atom stereocenters. The van der Waals surface area contributed by atoms with Crippen molar-refractivity contribution in [2.24, 2.45) is 0 Å². The molecule has 1 N–H and O–H groups in total. The van der Waals surface area contributed by atoms with Gasteiger partial charge in [0.05, 0.1) is 11.6 Å². The largest absolute Gasteiger partial charge is 0.417 e. The first-order valence-corrected chi connectivity index (χ1v) is 4.48. The van der Waals surface area contributed by atoms with Crippen LogP contribution in [0.3, 0.4) is 0 Å². The summed E-state index contributed by atoms with van der Waals surface area (Å²) in [6, 6.07) is 1.62. The molecule has 0 amide bonds. The second-order valence-electron chi connectivity index (χ2n) is 3.47. The Labute approximate surface area is 83.5 Å². The zero-order valence-corrected chi connectivity index (χ0v) is 7.71. The number of aromatic nitrogens is 1. The Bertz CT molecular complexity index is 420. The Morgan fingerprint density at radius 3 is 2.47 bits per heavy atom. The van der Waals surface area contributed by atoms with Crippen LogP contribution in [0.15, 0.2) is 23.1 Å². The highest BCUT2D eigenvalue weighted by molar-refractivity contribution is 5.14. The molecule has 0 radical (unpaired) electrons. The molecule has 0 spiro atoms. The maximum absolute atomic E-state index is 12.4. The number of hydrogen-bond acceptors (Lipinski definition) is 2. The van der Waals surface area contributed by atoms with Gasteiger partial charge in [0.25, 0.3) is 5.56 Å². The molecule has 2 heterocycles. The zero-order valence-electron chi connectivity index (χ0n) is 7.71. The third kappa shape index (κ3) is 1.90. The van der Waals surface area contributed by atoms with E-state index in [-0.39, 0.29) is 6.04 Å². The highest BCUT2D eigenvalue weighted by Gasteiger charge is 2.32. The van der Waals surface area contributed by atoms with Gasteiger partial charge in [-0.2, -0.15) is 13.2 Å². The smallest absolute Gasteiger partial charge is 0.313 e. The Kier molecular flexibility index (Phi) is 2.30. The van der Waals surface area contributed by atoms with Crippen LogP contribution in [0.5, 0.6) is 0 Å². The number of rotatable bonds is 1. The Morgan fingerprint density at radius 1 is 1.33 bits per heavy atom. The minimum Gasteiger partial charge on any atom is -0.313 e. The summed E-state index contributed by atoms with van der Waals surface area (Å²) in [6.45, 7) is 1.09. The molecule has 1 fully saturated rings. The van der Waals surface area contributed by atoms with Gasteiger partial charge >= 0.3 is 6.18 Å². The van der Waals surface area contributed by atoms with E-state index in [1.54, 1.807) is 0 Å². The third-order valence-electron chi connectivity index (χ3n) is 2.42. The molecule has 6 heteroatoms. The van der Waals surface area contributed by atoms with Crippen molar-refractivity contribution in [1.29, 1.82) is 0 Å². The van der Waals surface area contributed by atoms with Crippen molar-refractivity contribution in [1.82, 2.24) is 9.88 Å². The van der Waals surface area contributed by atoms with Crippen molar-refractivity contribution in [3.05, 3.63) is 34.2 Å². The molecular formula is C9H9F3N2O. The van der Waals surface area contributed by atoms with Gasteiger partial charge < -0.3 is 9.88 Å². The van der Waals surface area contributed by atoms with Crippen LogP contribution in [0, 0.1) is 0 Å². The van der Waals surface area contributed by atoms with E-state index in [0.717, 1.165) is 22.9 Å². The molecule has 0 aromatic carbocycles. The topological polar surface area (TPSA) is 34.0 Å². The van der Waals surface area contributed by atoms with Crippen molar-refractivity contribution >= 4 is 0 Å². The molecule has 3 nitrogen and oxygen atoms in total. The van der Waals surface area contributed by atoms with Gasteiger partial charge in [-0.1, -0.05) is 0 Å². The molecule has 0 unspecified atom stereocenters. The molecule has 1 aliphatic heterocycles. The van der Waals surface area contributed by atoms with Crippen molar-refractivity contribution in [3.63, 3.8) is 0 Å². The fraction of sp³-hybridized carbons (Fsp3) is 0.444. The van der Waals surface area contributed by atoms with Crippen LogP contribution in [-0.4, -0.2) is 17.7 Å². The average Bonchev–Trinajstić information content (AvgIpc) is 2.03. The van der Waals surface area contributed by atoms with Gasteiger partial charge in [-0.25, -0.2) is 0 Å². The van der Waals surface area contributed by atoms with Gasteiger partial charge in [0.15, 0.2) is 0 Å². The maximum Gasteiger partial charge on any atom is 0.417 e. The number of pyridine rings is 1. The molecule has 0 aliphatic carbocycles. The van der Waals surface area contributed by atoms with Crippen LogP contribution in [0.1, 0.15) is 11.6 Å². The maximum atomic E-state index is 12.4. The summed E-state index contributed by atoms with van der Waals surface area (Å²) < 4.78 is 38.2. The summed E-state index contributed by atoms with van der Waals surface area (Å²) in [5.74, 6) is 0. The van der Waals surface area contributed by atoms with E-state index >= 15 is 0 Å². The summed E-state index contributed by atoms with van der Waals surface area (Å²) in [5.41, 5.74) is -1.18. The second kappa shape index (κ2) is 3.37. The van der Waals surface area contributed by atoms with Crippen LogP contribution in [0.4, 0.5) is 13.2 Å². The Morgan fingerprint density at radius 2 is 2.00 bits per heavy atom. The molecule has 2 rings (SSSR count). The minimum absolute atomic E-state index is 0.153. The first-order chi connectivity index (χ1) is 6.98. The molecule has 1 aliphatic rings. The third-order valence-corrected chi connectivity index (χ3v) is 2.42. The lowest BCUT2D eigenvalue weighted by molar-refractivity contribution is -0.138. The van der Waals surface area contributed by atoms with Crippen molar-refractivity contribution in [2.45, 2.75) is 12.2 Å². The van der Waals surface area contributed by atoms with Gasteiger partial charge in [-0.15, -0.1) is 0 Å². The molecule has 1 aromatic rings. The molecule has 0 saturated carbocycles. The highest BCUT2D eigenvalue weighted by Crippen LogP contribution is 2.28. The summed E-state index contributed by atoms with van der Waals surface area (Å²) in [4.78, 5) is 11.3. The predicted octanol–water partition coefficient (Wildman–Crippen LogP) is 1.01. The van der Waals surface area contributed by atoms with E-state index in [0.29, 0.717) is 13.1 Å². The van der Waals surface area contributed by atoms with E-state index in [4.69, 9.17) is 0 Å². The number of alkyl halides is 3. The van der Waals surface area contributed by atoms with Crippen LogP contribution in [-0.2, 0) is 6.18 Å². The number of hydrogen-bond donors (Lipinski definition) is 1. The van der Waals surface area contributed by atoms with Gasteiger partial charge in [-0.3, -0.25) is 4.79 Å². The van der Waals surface area contributed by atoms with Gasteiger partial charge in [0.2, 0.25) is 0 Å². The Hall–Kier alpha value is -1.30. The summed E-state index contributed by atoms with van der Waals surface area (Å²) in [7, 11) is 0. The van der Waals surface area contributed by atoms with Gasteiger partial charge in [0.1, 0.15) is 0 Å². The lowest BCUT2D eigenvalue weighted by Gasteiger charge is -2.29. The second-order valence-corrected chi connectivity index (χ2v) is 3.47. The van der Waals surface area contributed by atoms with E-state index < -0.39 is 17.3 Å². The van der Waals surface area contributed by atoms with E-state index in [9.17, 15) is 18.0 Å². The summed E-state index contributed by atoms with van der Waals surface area (Å²) in [6.07, 6.45) is -3.51. The van der Waals surface area contributed by atoms with Gasteiger partial charge in [-0.05, 0) is 6.07 Å². The standard InChI is InChI=1S/C9H9F3N2O/c10-9(11,12)6-1-2-8(15)14(5-6)7-3-13-4-7/h1-2,5,7,13H,3-4H2. The van der Waals surface area contributed by atoms with Crippen LogP contribution >= 0.6 is 0 Å². The summed E-state index contributed by atoms with van der Waals surface area (Å²) in [5, 5.41) is 2.90. The van der Waals surface area contributed by atoms with Crippen LogP contribution < -0.4 is 10.9 Å². The molecule has 15 heavy (non-hydrogen) atoms. The first-order valence-electron chi connectivity index (χ1n) is 4.48. The number of nitrogens with zero attached hydrogens (tertiary/aromatic N) is 1. The molecule has 82 valence electrons. The Balaban J connectivity index is 2.41. The predicted molar refractivity (Wildman–Crippen MR) is 47.6 cm³/mol. The van der Waals surface area contributed by atoms with Crippen molar-refractivity contribution < 1.29 is 13.2 Å². The number of halogens is 3. The van der Waals surface area contributed by atoms with E-state index in [1.165, 1.54) is 0 Å². The van der Waals surface area contributed by atoms with Crippen LogP contribution in [0.2, 0.25) is 0 Å². The molecule has 0 bridgehead atoms. The minimum atomic E-state index is -4.40. The van der Waals surface area contributed by atoms with E-state index in [1.807, 2.05) is 0 Å². The molecule has 1 saturated heterocycles. The monoisotopic (exact) mass is 218 g/mol. The zero-order chi connectivity index (χ0) is 11.1. The fourth-order valence-electron chi connectivity index (χ4n) is 1.43. The average molecular weight is 218 g/mol. The lowest BCUT2D eigenvalue weighted by Crippen LogP contribution is -2.46. The van der Waals surface area contributed by atoms with Crippen molar-refractivity contribution in [2.75, 3.05) is 13.1 Å². The highest BCUT2D eigenvalue weighted by atomic mass is 19.4. The SMILES string of the molecule is O=c1ccc(C(F)(F)F)cn1C1CNC1. The molecular weight excluding hydrogens is 209 g/mol.